The van der Waals surface area contributed by atoms with Crippen LogP contribution in [0, 0.1) is 18.3 Å². The van der Waals surface area contributed by atoms with Gasteiger partial charge in [-0.05, 0) is 18.9 Å². The molecular weight excluding hydrogens is 198 g/mol. The van der Waals surface area contributed by atoms with Gasteiger partial charge in [0, 0.05) is 0 Å². The number of nitriles is 1. The summed E-state index contributed by atoms with van der Waals surface area (Å²) in [4.78, 5) is 0. The van der Waals surface area contributed by atoms with E-state index in [9.17, 15) is 5.11 Å². The van der Waals surface area contributed by atoms with Crippen molar-refractivity contribution >= 4 is 0 Å². The van der Waals surface area contributed by atoms with Crippen molar-refractivity contribution in [3.8, 4) is 6.07 Å². The molecule has 2 unspecified atom stereocenters. The number of aryl methyl sites for hydroxylation is 1. The lowest BCUT2D eigenvalue weighted by Gasteiger charge is -2.16. The Morgan fingerprint density at radius 1 is 1.31 bits per heavy atom. The fourth-order valence-electron chi connectivity index (χ4n) is 1.74. The van der Waals surface area contributed by atoms with Crippen LogP contribution in [0.5, 0.6) is 0 Å². The lowest BCUT2D eigenvalue weighted by Crippen LogP contribution is -2.17. The van der Waals surface area contributed by atoms with Gasteiger partial charge < -0.3 is 5.11 Å². The minimum atomic E-state index is -0.548. The summed E-state index contributed by atoms with van der Waals surface area (Å²) in [5, 5.41) is 19.0. The predicted molar refractivity (Wildman–Crippen MR) is 65.1 cm³/mol. The van der Waals surface area contributed by atoms with Gasteiger partial charge in [0.15, 0.2) is 0 Å². The molecule has 1 aromatic rings. The van der Waals surface area contributed by atoms with E-state index in [1.807, 2.05) is 31.2 Å². The molecule has 0 saturated heterocycles. The Morgan fingerprint density at radius 3 is 2.44 bits per heavy atom. The van der Waals surface area contributed by atoms with E-state index in [2.05, 4.69) is 13.0 Å². The molecule has 0 aromatic heterocycles. The summed E-state index contributed by atoms with van der Waals surface area (Å²) in [7, 11) is 0. The number of aliphatic hydroxyl groups is 1. The zero-order chi connectivity index (χ0) is 12.0. The van der Waals surface area contributed by atoms with Crippen molar-refractivity contribution in [1.82, 2.24) is 0 Å². The van der Waals surface area contributed by atoms with Gasteiger partial charge in [-0.1, -0.05) is 49.6 Å². The number of hydrogen-bond donors (Lipinski definition) is 1. The summed E-state index contributed by atoms with van der Waals surface area (Å²) in [6, 6.07) is 10.0. The smallest absolute Gasteiger partial charge is 0.0971 e. The summed E-state index contributed by atoms with van der Waals surface area (Å²) >= 11 is 0. The van der Waals surface area contributed by atoms with Crippen molar-refractivity contribution in [1.29, 1.82) is 5.26 Å². The second kappa shape index (κ2) is 6.30. The summed E-state index contributed by atoms with van der Waals surface area (Å²) < 4.78 is 0. The first-order chi connectivity index (χ1) is 7.69. The summed E-state index contributed by atoms with van der Waals surface area (Å²) in [6.45, 7) is 4.10. The zero-order valence-corrected chi connectivity index (χ0v) is 9.98. The van der Waals surface area contributed by atoms with Crippen LogP contribution in [-0.4, -0.2) is 11.2 Å². The largest absolute Gasteiger partial charge is 0.391 e. The Balaban J connectivity index is 2.74. The second-order valence-corrected chi connectivity index (χ2v) is 4.23. The normalized spacial score (nSPS) is 14.1. The number of aliphatic hydroxyl groups excluding tert-OH is 1. The standard InChI is InChI=1S/C14H19NO/c1-3-4-5-14(16)13(10-15)12-8-6-11(2)7-9-12/h6-9,13-14,16H,3-5H2,1-2H3. The number of rotatable bonds is 5. The molecule has 0 amide bonds. The van der Waals surface area contributed by atoms with E-state index in [0.29, 0.717) is 6.42 Å². The van der Waals surface area contributed by atoms with Gasteiger partial charge in [-0.25, -0.2) is 0 Å². The first-order valence-corrected chi connectivity index (χ1v) is 5.83. The first-order valence-electron chi connectivity index (χ1n) is 5.83. The summed E-state index contributed by atoms with van der Waals surface area (Å²) in [5.74, 6) is -0.396. The molecule has 0 fully saturated rings. The molecule has 0 saturated carbocycles. The Kier molecular flexibility index (Phi) is 5.01. The van der Waals surface area contributed by atoms with Gasteiger partial charge in [0.1, 0.15) is 0 Å². The molecule has 1 rings (SSSR count). The van der Waals surface area contributed by atoms with Gasteiger partial charge >= 0.3 is 0 Å². The maximum atomic E-state index is 9.94. The predicted octanol–water partition coefficient (Wildman–Crippen LogP) is 3.15. The van der Waals surface area contributed by atoms with E-state index in [-0.39, 0.29) is 0 Å². The van der Waals surface area contributed by atoms with Crippen LogP contribution in [0.1, 0.15) is 43.2 Å². The van der Waals surface area contributed by atoms with Crippen LogP contribution >= 0.6 is 0 Å². The molecule has 0 aliphatic carbocycles. The number of nitrogens with zero attached hydrogens (tertiary/aromatic N) is 1. The number of benzene rings is 1. The van der Waals surface area contributed by atoms with E-state index in [1.54, 1.807) is 0 Å². The van der Waals surface area contributed by atoms with E-state index in [1.165, 1.54) is 5.56 Å². The highest BCUT2D eigenvalue weighted by Gasteiger charge is 2.19. The van der Waals surface area contributed by atoms with Crippen molar-refractivity contribution in [2.75, 3.05) is 0 Å². The maximum Gasteiger partial charge on any atom is 0.0971 e. The first kappa shape index (κ1) is 12.7. The molecule has 86 valence electrons. The molecule has 0 aliphatic heterocycles. The minimum absolute atomic E-state index is 0.396. The SMILES string of the molecule is CCCCC(O)C(C#N)c1ccc(C)cc1. The van der Waals surface area contributed by atoms with Crippen LogP contribution in [0.25, 0.3) is 0 Å². The second-order valence-electron chi connectivity index (χ2n) is 4.23. The third kappa shape index (κ3) is 3.36. The Labute approximate surface area is 97.5 Å². The summed E-state index contributed by atoms with van der Waals surface area (Å²) in [5.41, 5.74) is 2.08. The van der Waals surface area contributed by atoms with Crippen molar-refractivity contribution < 1.29 is 5.11 Å². The van der Waals surface area contributed by atoms with Crippen LogP contribution in [-0.2, 0) is 0 Å². The molecule has 1 N–H and O–H groups in total. The molecule has 0 bridgehead atoms. The lowest BCUT2D eigenvalue weighted by molar-refractivity contribution is 0.148. The summed E-state index contributed by atoms with van der Waals surface area (Å²) in [6.07, 6.45) is 2.16. The topological polar surface area (TPSA) is 44.0 Å². The van der Waals surface area contributed by atoms with Gasteiger partial charge in [0.2, 0.25) is 0 Å². The molecule has 0 spiro atoms. The van der Waals surface area contributed by atoms with Crippen molar-refractivity contribution in [2.24, 2.45) is 0 Å². The number of hydrogen-bond acceptors (Lipinski definition) is 2. The average Bonchev–Trinajstić information content (AvgIpc) is 2.30. The fraction of sp³-hybridized carbons (Fsp3) is 0.500. The van der Waals surface area contributed by atoms with E-state index in [4.69, 9.17) is 5.26 Å². The van der Waals surface area contributed by atoms with Crippen molar-refractivity contribution in [2.45, 2.75) is 45.1 Å². The molecule has 2 atom stereocenters. The zero-order valence-electron chi connectivity index (χ0n) is 9.98. The molecule has 16 heavy (non-hydrogen) atoms. The van der Waals surface area contributed by atoms with E-state index < -0.39 is 12.0 Å². The van der Waals surface area contributed by atoms with Gasteiger partial charge in [-0.2, -0.15) is 5.26 Å². The monoisotopic (exact) mass is 217 g/mol. The van der Waals surface area contributed by atoms with Crippen LogP contribution in [0.4, 0.5) is 0 Å². The van der Waals surface area contributed by atoms with Crippen molar-refractivity contribution in [3.05, 3.63) is 35.4 Å². The van der Waals surface area contributed by atoms with Crippen molar-refractivity contribution in [3.63, 3.8) is 0 Å². The maximum absolute atomic E-state index is 9.94. The quantitative estimate of drug-likeness (QED) is 0.823. The highest BCUT2D eigenvalue weighted by atomic mass is 16.3. The van der Waals surface area contributed by atoms with Gasteiger partial charge in [-0.3, -0.25) is 0 Å². The van der Waals surface area contributed by atoms with Crippen LogP contribution in [0.15, 0.2) is 24.3 Å². The number of unbranched alkanes of at least 4 members (excludes halogenated alkanes) is 1. The average molecular weight is 217 g/mol. The fourth-order valence-corrected chi connectivity index (χ4v) is 1.74. The highest BCUT2D eigenvalue weighted by molar-refractivity contribution is 5.29. The van der Waals surface area contributed by atoms with Crippen LogP contribution < -0.4 is 0 Å². The van der Waals surface area contributed by atoms with Crippen LogP contribution in [0.3, 0.4) is 0 Å². The third-order valence-electron chi connectivity index (χ3n) is 2.81. The highest BCUT2D eigenvalue weighted by Crippen LogP contribution is 2.22. The van der Waals surface area contributed by atoms with Gasteiger partial charge in [0.25, 0.3) is 0 Å². The molecule has 0 aliphatic rings. The van der Waals surface area contributed by atoms with Gasteiger partial charge in [0.05, 0.1) is 18.1 Å². The molecule has 1 aromatic carbocycles. The Bertz CT molecular complexity index is 350. The Morgan fingerprint density at radius 2 is 1.94 bits per heavy atom. The molecule has 0 radical (unpaired) electrons. The molecular formula is C14H19NO. The molecule has 2 nitrogen and oxygen atoms in total. The lowest BCUT2D eigenvalue weighted by atomic mass is 9.91. The minimum Gasteiger partial charge on any atom is -0.391 e. The molecule has 0 heterocycles. The van der Waals surface area contributed by atoms with Crippen LogP contribution in [0.2, 0.25) is 0 Å². The Hall–Kier alpha value is -1.33. The van der Waals surface area contributed by atoms with E-state index in [0.717, 1.165) is 18.4 Å². The van der Waals surface area contributed by atoms with E-state index >= 15 is 0 Å². The molecule has 2 heteroatoms. The van der Waals surface area contributed by atoms with Gasteiger partial charge in [-0.15, -0.1) is 0 Å². The third-order valence-corrected chi connectivity index (χ3v) is 2.81.